The zero-order valence-electron chi connectivity index (χ0n) is 15.2. The molecule has 0 aliphatic carbocycles. The zero-order valence-corrected chi connectivity index (χ0v) is 15.9. The van der Waals surface area contributed by atoms with E-state index in [1.165, 1.54) is 0 Å². The van der Waals surface area contributed by atoms with Crippen molar-refractivity contribution in [2.24, 2.45) is 0 Å². The van der Waals surface area contributed by atoms with E-state index < -0.39 is 12.1 Å². The average molecular weight is 412 g/mol. The van der Waals surface area contributed by atoms with Gasteiger partial charge in [0.15, 0.2) is 0 Å². The van der Waals surface area contributed by atoms with Gasteiger partial charge in [0.25, 0.3) is 0 Å². The summed E-state index contributed by atoms with van der Waals surface area (Å²) in [5.74, 6) is -0.785. The molecule has 0 spiro atoms. The number of rotatable bonds is 6. The number of aromatic nitrogens is 3. The molecule has 0 saturated heterocycles. The number of hydrogen-bond acceptors (Lipinski definition) is 5. The summed E-state index contributed by atoms with van der Waals surface area (Å²) < 4.78 is 48.0. The number of halogens is 4. The first-order valence-electron chi connectivity index (χ1n) is 8.50. The van der Waals surface area contributed by atoms with Gasteiger partial charge in [0.1, 0.15) is 10.9 Å². The Bertz CT molecular complexity index is 933. The lowest BCUT2D eigenvalue weighted by atomic mass is 10.1. The summed E-state index contributed by atoms with van der Waals surface area (Å²) in [6.07, 6.45) is -1.36. The molecule has 0 N–H and O–H groups in total. The highest BCUT2D eigenvalue weighted by atomic mass is 35.5. The summed E-state index contributed by atoms with van der Waals surface area (Å²) >= 11 is 5.76. The van der Waals surface area contributed by atoms with E-state index in [9.17, 15) is 13.2 Å². The van der Waals surface area contributed by atoms with Gasteiger partial charge >= 0.3 is 12.1 Å². The topological polar surface area (TPSA) is 61.0 Å². The van der Waals surface area contributed by atoms with Crippen molar-refractivity contribution >= 4 is 11.6 Å². The minimum absolute atomic E-state index is 0.111. The van der Waals surface area contributed by atoms with E-state index >= 15 is 0 Å². The second kappa shape index (κ2) is 8.18. The average Bonchev–Trinajstić information content (AvgIpc) is 3.12. The maximum Gasteiger partial charge on any atom is 0.471 e. The molecule has 0 bridgehead atoms. The van der Waals surface area contributed by atoms with Crippen molar-refractivity contribution in [3.05, 3.63) is 58.2 Å². The molecular weight excluding hydrogens is 395 g/mol. The Hall–Kier alpha value is -2.61. The van der Waals surface area contributed by atoms with Crippen LogP contribution >= 0.6 is 11.6 Å². The van der Waals surface area contributed by atoms with Crippen LogP contribution in [0.1, 0.15) is 29.0 Å². The van der Waals surface area contributed by atoms with Gasteiger partial charge in [-0.05, 0) is 61.6 Å². The summed E-state index contributed by atoms with van der Waals surface area (Å²) in [7, 11) is 0. The Morgan fingerprint density at radius 2 is 1.86 bits per heavy atom. The highest BCUT2D eigenvalue weighted by Crippen LogP contribution is 2.32. The molecule has 2 heterocycles. The first-order chi connectivity index (χ1) is 13.2. The molecule has 0 unspecified atom stereocenters. The van der Waals surface area contributed by atoms with Gasteiger partial charge in [0.05, 0.1) is 6.61 Å². The fourth-order valence-corrected chi connectivity index (χ4v) is 2.88. The number of benzene rings is 1. The molecule has 0 amide bonds. The molecule has 0 saturated carbocycles. The van der Waals surface area contributed by atoms with Crippen molar-refractivity contribution < 1.29 is 22.4 Å². The van der Waals surface area contributed by atoms with E-state index in [0.29, 0.717) is 23.1 Å². The lowest BCUT2D eigenvalue weighted by molar-refractivity contribution is -0.159. The highest BCUT2D eigenvalue weighted by molar-refractivity contribution is 6.29. The first-order valence-corrected chi connectivity index (χ1v) is 8.87. The predicted octanol–water partition coefficient (Wildman–Crippen LogP) is 5.43. The third-order valence-corrected chi connectivity index (χ3v) is 4.26. The van der Waals surface area contributed by atoms with Crippen LogP contribution in [0.2, 0.25) is 5.15 Å². The van der Waals surface area contributed by atoms with Gasteiger partial charge in [-0.25, -0.2) is 4.98 Å². The summed E-state index contributed by atoms with van der Waals surface area (Å²) in [6.45, 7) is 4.13. The van der Waals surface area contributed by atoms with Gasteiger partial charge in [-0.2, -0.15) is 18.2 Å². The molecule has 0 aliphatic heterocycles. The monoisotopic (exact) mass is 411 g/mol. The van der Waals surface area contributed by atoms with Crippen molar-refractivity contribution in [3.8, 4) is 17.1 Å². The van der Waals surface area contributed by atoms with Crippen molar-refractivity contribution in [2.45, 2.75) is 32.9 Å². The van der Waals surface area contributed by atoms with Gasteiger partial charge in [0, 0.05) is 11.8 Å². The molecule has 1 aromatic carbocycles. The van der Waals surface area contributed by atoms with Crippen LogP contribution in [0.25, 0.3) is 11.4 Å². The summed E-state index contributed by atoms with van der Waals surface area (Å²) in [6, 6.07) is 7.01. The molecule has 0 radical (unpaired) electrons. The minimum atomic E-state index is -4.67. The minimum Gasteiger partial charge on any atom is -0.493 e. The Morgan fingerprint density at radius 3 is 2.43 bits per heavy atom. The number of nitrogens with zero attached hydrogens (tertiary/aromatic N) is 3. The lowest BCUT2D eigenvalue weighted by Crippen LogP contribution is -2.05. The molecule has 28 heavy (non-hydrogen) atoms. The SMILES string of the molecule is Cc1cc(-c2noc(C(F)(F)F)n2)cc(C)c1OCCCc1ccc(Cl)nc1. The smallest absolute Gasteiger partial charge is 0.471 e. The molecule has 2 aromatic heterocycles. The number of ether oxygens (including phenoxy) is 1. The molecule has 3 rings (SSSR count). The molecule has 148 valence electrons. The van der Waals surface area contributed by atoms with Gasteiger partial charge in [-0.3, -0.25) is 0 Å². The van der Waals surface area contributed by atoms with E-state index in [2.05, 4.69) is 19.6 Å². The Morgan fingerprint density at radius 1 is 1.14 bits per heavy atom. The normalized spacial score (nSPS) is 11.6. The Labute approximate surface area is 164 Å². The number of alkyl halides is 3. The molecule has 3 aromatic rings. The number of aryl methyl sites for hydroxylation is 3. The largest absolute Gasteiger partial charge is 0.493 e. The van der Waals surface area contributed by atoms with Crippen LogP contribution in [0.15, 0.2) is 35.0 Å². The summed E-state index contributed by atoms with van der Waals surface area (Å²) in [5.41, 5.74) is 3.06. The van der Waals surface area contributed by atoms with Gasteiger partial charge < -0.3 is 9.26 Å². The van der Waals surface area contributed by atoms with Crippen LogP contribution in [0.4, 0.5) is 13.2 Å². The standard InChI is InChI=1S/C19H17ClF3N3O2/c1-11-8-14(17-25-18(28-26-17)19(21,22)23)9-12(2)16(11)27-7-3-4-13-5-6-15(20)24-10-13/h5-6,8-10H,3-4,7H2,1-2H3. The predicted molar refractivity (Wildman–Crippen MR) is 97.3 cm³/mol. The Kier molecular flexibility index (Phi) is 5.88. The van der Waals surface area contributed by atoms with Crippen molar-refractivity contribution in [1.82, 2.24) is 15.1 Å². The van der Waals surface area contributed by atoms with Crippen LogP contribution in [-0.2, 0) is 12.6 Å². The maximum absolute atomic E-state index is 12.6. The van der Waals surface area contributed by atoms with Crippen LogP contribution < -0.4 is 4.74 Å². The van der Waals surface area contributed by atoms with Crippen LogP contribution in [-0.4, -0.2) is 21.7 Å². The van der Waals surface area contributed by atoms with Crippen LogP contribution in [0.5, 0.6) is 5.75 Å². The molecule has 9 heteroatoms. The third-order valence-electron chi connectivity index (χ3n) is 4.03. The van der Waals surface area contributed by atoms with Crippen LogP contribution in [0.3, 0.4) is 0 Å². The second-order valence-electron chi connectivity index (χ2n) is 6.30. The van der Waals surface area contributed by atoms with Gasteiger partial charge in [0.2, 0.25) is 5.82 Å². The quantitative estimate of drug-likeness (QED) is 0.399. The fraction of sp³-hybridized carbons (Fsp3) is 0.316. The van der Waals surface area contributed by atoms with E-state index in [0.717, 1.165) is 29.5 Å². The van der Waals surface area contributed by atoms with Gasteiger partial charge in [-0.15, -0.1) is 0 Å². The van der Waals surface area contributed by atoms with Crippen LogP contribution in [0, 0.1) is 13.8 Å². The summed E-state index contributed by atoms with van der Waals surface area (Å²) in [5, 5.41) is 3.87. The first kappa shape index (κ1) is 20.1. The Balaban J connectivity index is 1.65. The highest BCUT2D eigenvalue weighted by Gasteiger charge is 2.38. The third kappa shape index (κ3) is 4.81. The van der Waals surface area contributed by atoms with E-state index in [-0.39, 0.29) is 5.82 Å². The molecule has 0 atom stereocenters. The second-order valence-corrected chi connectivity index (χ2v) is 6.69. The van der Waals surface area contributed by atoms with E-state index in [4.69, 9.17) is 16.3 Å². The van der Waals surface area contributed by atoms with E-state index in [1.807, 2.05) is 19.9 Å². The fourth-order valence-electron chi connectivity index (χ4n) is 2.77. The number of pyridine rings is 1. The van der Waals surface area contributed by atoms with Gasteiger partial charge in [-0.1, -0.05) is 22.8 Å². The molecule has 0 fully saturated rings. The summed E-state index contributed by atoms with van der Waals surface area (Å²) in [4.78, 5) is 7.45. The molecular formula is C19H17ClF3N3O2. The maximum atomic E-state index is 12.6. The van der Waals surface area contributed by atoms with Crippen molar-refractivity contribution in [2.75, 3.05) is 6.61 Å². The number of hydrogen-bond donors (Lipinski definition) is 0. The zero-order chi connectivity index (χ0) is 20.3. The van der Waals surface area contributed by atoms with E-state index in [1.54, 1.807) is 24.4 Å². The van der Waals surface area contributed by atoms with Crippen molar-refractivity contribution in [3.63, 3.8) is 0 Å². The van der Waals surface area contributed by atoms with Crippen molar-refractivity contribution in [1.29, 1.82) is 0 Å². The molecule has 5 nitrogen and oxygen atoms in total. The lowest BCUT2D eigenvalue weighted by Gasteiger charge is -2.13. The molecule has 0 aliphatic rings.